The highest BCUT2D eigenvalue weighted by Crippen LogP contribution is 2.23. The number of benzene rings is 1. The highest BCUT2D eigenvalue weighted by Gasteiger charge is 2.15. The number of hydrogen-bond donors (Lipinski definition) is 3. The minimum atomic E-state index is -0.463. The second kappa shape index (κ2) is 9.66. The molecule has 0 amide bonds. The predicted octanol–water partition coefficient (Wildman–Crippen LogP) is 4.07. The number of rotatable bonds is 5. The lowest BCUT2D eigenvalue weighted by atomic mass is 10.3. The molecule has 2 aromatic heterocycles. The fourth-order valence-corrected chi connectivity index (χ4v) is 3.20. The van der Waals surface area contributed by atoms with E-state index in [4.69, 9.17) is 11.6 Å². The third-order valence-corrected chi connectivity index (χ3v) is 4.97. The average molecular weight is 431 g/mol. The van der Waals surface area contributed by atoms with Crippen LogP contribution in [0.3, 0.4) is 0 Å². The molecule has 0 spiro atoms. The molecule has 0 saturated carbocycles. The highest BCUT2D eigenvalue weighted by molar-refractivity contribution is 6.31. The van der Waals surface area contributed by atoms with Crippen LogP contribution in [0.5, 0.6) is 0 Å². The van der Waals surface area contributed by atoms with E-state index in [1.54, 1.807) is 24.5 Å². The van der Waals surface area contributed by atoms with Crippen LogP contribution in [0.2, 0.25) is 5.02 Å². The summed E-state index contributed by atoms with van der Waals surface area (Å²) in [6, 6.07) is 10.1. The van der Waals surface area contributed by atoms with Gasteiger partial charge >= 0.3 is 0 Å². The summed E-state index contributed by atoms with van der Waals surface area (Å²) in [6.45, 7) is 4.02. The van der Waals surface area contributed by atoms with E-state index in [0.717, 1.165) is 37.7 Å². The first-order valence-electron chi connectivity index (χ1n) is 9.28. The van der Waals surface area contributed by atoms with Crippen LogP contribution < -0.4 is 21.7 Å². The van der Waals surface area contributed by atoms with Crippen LogP contribution in [-0.2, 0) is 0 Å². The summed E-state index contributed by atoms with van der Waals surface area (Å²) in [5, 5.41) is 6.29. The molecule has 4 rings (SSSR count). The summed E-state index contributed by atoms with van der Waals surface area (Å²) in [5.41, 5.74) is 1.43. The molecular weight excluding hydrogens is 407 g/mol. The number of nitrogens with one attached hydrogen (secondary N) is 2. The zero-order valence-electron chi connectivity index (χ0n) is 16.6. The molecule has 1 aliphatic heterocycles. The Balaban J connectivity index is 0.00000256. The molecule has 0 bridgehead atoms. The lowest BCUT2D eigenvalue weighted by Crippen LogP contribution is -2.44. The van der Waals surface area contributed by atoms with Gasteiger partial charge in [-0.1, -0.05) is 11.6 Å². The zero-order valence-corrected chi connectivity index (χ0v) is 17.4. The van der Waals surface area contributed by atoms with Gasteiger partial charge in [0.1, 0.15) is 17.5 Å². The molecule has 1 aliphatic rings. The largest absolute Gasteiger partial charge is 0.354 e. The molecule has 30 heavy (non-hydrogen) atoms. The smallest absolute Gasteiger partial charge is 0.229 e. The maximum absolute atomic E-state index is 13.3. The normalized spacial score (nSPS) is 14.2. The molecule has 1 saturated heterocycles. The van der Waals surface area contributed by atoms with Crippen molar-refractivity contribution in [2.75, 3.05) is 48.8 Å². The second-order valence-electron chi connectivity index (χ2n) is 6.84. The van der Waals surface area contributed by atoms with Gasteiger partial charge < -0.3 is 26.6 Å². The topological polar surface area (TPSA) is 104 Å². The third kappa shape index (κ3) is 5.32. The molecule has 5 N–H and O–H groups in total. The Morgan fingerprint density at radius 1 is 0.967 bits per heavy atom. The molecule has 10 heteroatoms. The van der Waals surface area contributed by atoms with Crippen LogP contribution in [0, 0.1) is 5.82 Å². The van der Waals surface area contributed by atoms with E-state index in [1.807, 2.05) is 12.1 Å². The van der Waals surface area contributed by atoms with E-state index in [2.05, 4.69) is 42.4 Å². The van der Waals surface area contributed by atoms with Crippen molar-refractivity contribution < 1.29 is 4.39 Å². The van der Waals surface area contributed by atoms with Gasteiger partial charge in [-0.15, -0.1) is 0 Å². The van der Waals surface area contributed by atoms with Crippen LogP contribution in [0.15, 0.2) is 48.8 Å². The van der Waals surface area contributed by atoms with Crippen molar-refractivity contribution in [2.45, 2.75) is 0 Å². The van der Waals surface area contributed by atoms with Crippen LogP contribution in [0.4, 0.5) is 33.3 Å². The molecule has 3 aromatic rings. The average Bonchev–Trinajstić information content (AvgIpc) is 2.72. The first-order valence-corrected chi connectivity index (χ1v) is 9.66. The Morgan fingerprint density at radius 2 is 1.73 bits per heavy atom. The minimum absolute atomic E-state index is 0. The number of piperazine rings is 1. The van der Waals surface area contributed by atoms with E-state index >= 15 is 0 Å². The highest BCUT2D eigenvalue weighted by atomic mass is 35.5. The second-order valence-corrected chi connectivity index (χ2v) is 7.25. The standard InChI is InChI=1S/C20H21ClFN7.H3N/c1-28-8-10-29(11-9-28)19-5-3-15(13-24-19)26-20-23-7-6-18(27-20)25-14-2-4-17(22)16(21)12-14;/h2-7,12-13H,8-11H2,1H3,(H2,23,25,26,27);1H3. The lowest BCUT2D eigenvalue weighted by molar-refractivity contribution is 0.312. The van der Waals surface area contributed by atoms with Crippen LogP contribution in [0.25, 0.3) is 0 Å². The number of anilines is 5. The number of aromatic nitrogens is 3. The van der Waals surface area contributed by atoms with E-state index in [1.165, 1.54) is 12.1 Å². The van der Waals surface area contributed by atoms with Gasteiger partial charge in [-0.2, -0.15) is 4.98 Å². The maximum Gasteiger partial charge on any atom is 0.229 e. The summed E-state index contributed by atoms with van der Waals surface area (Å²) >= 11 is 5.82. The summed E-state index contributed by atoms with van der Waals surface area (Å²) in [7, 11) is 2.13. The molecule has 3 heterocycles. The molecule has 0 atom stereocenters. The number of hydrogen-bond acceptors (Lipinski definition) is 8. The Bertz CT molecular complexity index is 977. The van der Waals surface area contributed by atoms with Crippen molar-refractivity contribution in [1.82, 2.24) is 26.0 Å². The van der Waals surface area contributed by atoms with Crippen molar-refractivity contribution in [3.05, 3.63) is 59.6 Å². The van der Waals surface area contributed by atoms with E-state index in [0.29, 0.717) is 17.5 Å². The minimum Gasteiger partial charge on any atom is -0.354 e. The van der Waals surface area contributed by atoms with Crippen LogP contribution in [0.1, 0.15) is 0 Å². The van der Waals surface area contributed by atoms with Crippen molar-refractivity contribution >= 4 is 40.6 Å². The Morgan fingerprint density at radius 3 is 2.43 bits per heavy atom. The Hall–Kier alpha value is -3.01. The molecular formula is C20H24ClFN8. The molecule has 1 fully saturated rings. The lowest BCUT2D eigenvalue weighted by Gasteiger charge is -2.33. The van der Waals surface area contributed by atoms with E-state index in [-0.39, 0.29) is 11.2 Å². The van der Waals surface area contributed by atoms with Crippen molar-refractivity contribution in [3.8, 4) is 0 Å². The Labute approximate surface area is 179 Å². The van der Waals surface area contributed by atoms with Gasteiger partial charge in [0.15, 0.2) is 0 Å². The van der Waals surface area contributed by atoms with Gasteiger partial charge in [0.05, 0.1) is 16.9 Å². The van der Waals surface area contributed by atoms with Gasteiger partial charge in [0.25, 0.3) is 0 Å². The summed E-state index contributed by atoms with van der Waals surface area (Å²) < 4.78 is 13.3. The number of nitrogens with zero attached hydrogens (tertiary/aromatic N) is 5. The summed E-state index contributed by atoms with van der Waals surface area (Å²) in [4.78, 5) is 17.8. The van der Waals surface area contributed by atoms with Gasteiger partial charge in [-0.05, 0) is 43.4 Å². The SMILES string of the molecule is CN1CCN(c2ccc(Nc3nccc(Nc4ccc(F)c(Cl)c4)n3)cn2)CC1.N. The first kappa shape index (κ1) is 21.7. The fourth-order valence-electron chi connectivity index (χ4n) is 3.02. The van der Waals surface area contributed by atoms with Crippen molar-refractivity contribution in [1.29, 1.82) is 0 Å². The maximum atomic E-state index is 13.3. The van der Waals surface area contributed by atoms with Gasteiger partial charge in [0.2, 0.25) is 5.95 Å². The summed E-state index contributed by atoms with van der Waals surface area (Å²) in [5.74, 6) is 1.49. The number of likely N-dealkylation sites (N-methyl/N-ethyl adjacent to an activating group) is 1. The monoisotopic (exact) mass is 430 g/mol. The first-order chi connectivity index (χ1) is 14.1. The summed E-state index contributed by atoms with van der Waals surface area (Å²) in [6.07, 6.45) is 3.41. The molecule has 1 aromatic carbocycles. The molecule has 0 radical (unpaired) electrons. The predicted molar refractivity (Wildman–Crippen MR) is 119 cm³/mol. The van der Waals surface area contributed by atoms with Crippen LogP contribution in [-0.4, -0.2) is 53.1 Å². The Kier molecular flexibility index (Phi) is 6.99. The molecule has 0 unspecified atom stereocenters. The van der Waals surface area contributed by atoms with Crippen LogP contribution >= 0.6 is 11.6 Å². The van der Waals surface area contributed by atoms with E-state index in [9.17, 15) is 4.39 Å². The van der Waals surface area contributed by atoms with Crippen molar-refractivity contribution in [3.63, 3.8) is 0 Å². The van der Waals surface area contributed by atoms with E-state index < -0.39 is 5.82 Å². The molecule has 8 nitrogen and oxygen atoms in total. The quantitative estimate of drug-likeness (QED) is 0.556. The zero-order chi connectivity index (χ0) is 20.2. The van der Waals surface area contributed by atoms with Gasteiger partial charge in [0, 0.05) is 38.1 Å². The van der Waals surface area contributed by atoms with Gasteiger partial charge in [-0.3, -0.25) is 0 Å². The third-order valence-electron chi connectivity index (χ3n) is 4.68. The fraction of sp³-hybridized carbons (Fsp3) is 0.250. The molecule has 0 aliphatic carbocycles. The number of pyridine rings is 1. The van der Waals surface area contributed by atoms with Crippen molar-refractivity contribution in [2.24, 2.45) is 0 Å². The molecule has 158 valence electrons. The number of halogens is 2. The van der Waals surface area contributed by atoms with Gasteiger partial charge in [-0.25, -0.2) is 14.4 Å².